The van der Waals surface area contributed by atoms with Crippen molar-refractivity contribution in [3.05, 3.63) is 12.7 Å². The third kappa shape index (κ3) is 12.4. The molecule has 0 amide bonds. The Labute approximate surface area is 67.1 Å². The van der Waals surface area contributed by atoms with Crippen molar-refractivity contribution in [1.82, 2.24) is 0 Å². The number of unbranched alkanes of at least 4 members (excludes halogenated alkanes) is 1. The van der Waals surface area contributed by atoms with Crippen molar-refractivity contribution in [2.24, 2.45) is 0 Å². The summed E-state index contributed by atoms with van der Waals surface area (Å²) in [4.78, 5) is 10.3. The number of halogens is 1. The van der Waals surface area contributed by atoms with Gasteiger partial charge in [0.1, 0.15) is 0 Å². The smallest absolute Gasteiger partial charge is 0.330 e. The lowest BCUT2D eigenvalue weighted by atomic mass is 10.4. The van der Waals surface area contributed by atoms with Gasteiger partial charge in [-0.15, -0.1) is 0 Å². The van der Waals surface area contributed by atoms with Crippen LogP contribution in [0.25, 0.3) is 0 Å². The number of hydrogen-bond acceptors (Lipinski definition) is 2. The molecule has 0 aromatic rings. The van der Waals surface area contributed by atoms with E-state index in [1.807, 2.05) is 6.92 Å². The van der Waals surface area contributed by atoms with Crippen molar-refractivity contribution < 1.29 is 13.9 Å². The lowest BCUT2D eigenvalue weighted by Gasteiger charge is -1.97. The second-order valence-electron chi connectivity index (χ2n) is 1.73. The van der Waals surface area contributed by atoms with Crippen LogP contribution in [-0.4, -0.2) is 19.8 Å². The van der Waals surface area contributed by atoms with Crippen LogP contribution in [0.15, 0.2) is 12.7 Å². The monoisotopic (exact) mass is 162 g/mol. The first-order valence-corrected chi connectivity index (χ1v) is 3.48. The van der Waals surface area contributed by atoms with E-state index in [4.69, 9.17) is 0 Å². The Hall–Kier alpha value is -0.860. The van der Waals surface area contributed by atoms with Crippen molar-refractivity contribution in [3.8, 4) is 0 Å². The Morgan fingerprint density at radius 3 is 2.55 bits per heavy atom. The quantitative estimate of drug-likeness (QED) is 0.359. The minimum atomic E-state index is -0.330. The molecule has 0 fully saturated rings. The Bertz CT molecular complexity index is 102. The van der Waals surface area contributed by atoms with E-state index in [2.05, 4.69) is 11.3 Å². The maximum absolute atomic E-state index is 10.3. The van der Waals surface area contributed by atoms with Crippen LogP contribution in [-0.2, 0) is 9.53 Å². The van der Waals surface area contributed by atoms with Gasteiger partial charge in [0.2, 0.25) is 0 Å². The second-order valence-corrected chi connectivity index (χ2v) is 1.73. The number of carbonyl (C=O) groups is 1. The van der Waals surface area contributed by atoms with Crippen molar-refractivity contribution >= 4 is 5.97 Å². The number of hydrogen-bond donors (Lipinski definition) is 0. The van der Waals surface area contributed by atoms with Crippen molar-refractivity contribution in [2.45, 2.75) is 19.8 Å². The molecular weight excluding hydrogens is 147 g/mol. The number of carbonyl (C=O) groups excluding carboxylic acids is 1. The van der Waals surface area contributed by atoms with Crippen LogP contribution < -0.4 is 0 Å². The SMILES string of the molecule is C=CC(=O)OCCCC.CF. The van der Waals surface area contributed by atoms with E-state index in [1.54, 1.807) is 0 Å². The maximum Gasteiger partial charge on any atom is 0.330 e. The number of alkyl halides is 1. The minimum absolute atomic E-state index is 0.330. The standard InChI is InChI=1S/C7H12O2.CH3F/c1-3-5-6-9-7(8)4-2;1-2/h4H,2-3,5-6H2,1H3;1H3. The van der Waals surface area contributed by atoms with Gasteiger partial charge in [0.05, 0.1) is 13.8 Å². The highest BCUT2D eigenvalue weighted by Crippen LogP contribution is 1.88. The molecule has 0 aromatic carbocycles. The van der Waals surface area contributed by atoms with Crippen LogP contribution in [0.2, 0.25) is 0 Å². The summed E-state index contributed by atoms with van der Waals surface area (Å²) >= 11 is 0. The summed E-state index contributed by atoms with van der Waals surface area (Å²) in [5.41, 5.74) is 0. The second kappa shape index (κ2) is 11.9. The molecule has 0 heterocycles. The summed E-state index contributed by atoms with van der Waals surface area (Å²) in [7, 11) is 0.500. The molecule has 0 saturated heterocycles. The van der Waals surface area contributed by atoms with Crippen LogP contribution in [0.5, 0.6) is 0 Å². The largest absolute Gasteiger partial charge is 0.463 e. The molecule has 2 nitrogen and oxygen atoms in total. The molecule has 0 N–H and O–H groups in total. The van der Waals surface area contributed by atoms with Gasteiger partial charge in [0, 0.05) is 6.08 Å². The molecule has 11 heavy (non-hydrogen) atoms. The van der Waals surface area contributed by atoms with Crippen LogP contribution in [0.3, 0.4) is 0 Å². The Balaban J connectivity index is 0. The van der Waals surface area contributed by atoms with E-state index in [0.717, 1.165) is 12.8 Å². The average molecular weight is 162 g/mol. The van der Waals surface area contributed by atoms with Crippen LogP contribution in [0.4, 0.5) is 4.39 Å². The first-order valence-electron chi connectivity index (χ1n) is 3.48. The van der Waals surface area contributed by atoms with Gasteiger partial charge >= 0.3 is 5.97 Å². The fourth-order valence-electron chi connectivity index (χ4n) is 0.376. The molecule has 66 valence electrons. The molecule has 0 aliphatic heterocycles. The molecule has 0 bridgehead atoms. The minimum Gasteiger partial charge on any atom is -0.463 e. The Morgan fingerprint density at radius 2 is 2.18 bits per heavy atom. The van der Waals surface area contributed by atoms with Gasteiger partial charge in [-0.05, 0) is 6.42 Å². The fourth-order valence-corrected chi connectivity index (χ4v) is 0.376. The molecule has 0 aliphatic rings. The summed E-state index contributed by atoms with van der Waals surface area (Å²) in [6.07, 6.45) is 3.15. The topological polar surface area (TPSA) is 26.3 Å². The van der Waals surface area contributed by atoms with E-state index < -0.39 is 0 Å². The summed E-state index contributed by atoms with van der Waals surface area (Å²) in [6, 6.07) is 0. The first kappa shape index (κ1) is 12.8. The van der Waals surface area contributed by atoms with Gasteiger partial charge in [-0.3, -0.25) is 4.39 Å². The van der Waals surface area contributed by atoms with Gasteiger partial charge in [-0.25, -0.2) is 4.79 Å². The molecular formula is C8H15FO2. The fraction of sp³-hybridized carbons (Fsp3) is 0.625. The molecule has 0 aromatic heterocycles. The van der Waals surface area contributed by atoms with Crippen molar-refractivity contribution in [2.75, 3.05) is 13.8 Å². The molecule has 0 radical (unpaired) electrons. The number of rotatable bonds is 4. The van der Waals surface area contributed by atoms with Crippen LogP contribution in [0, 0.1) is 0 Å². The van der Waals surface area contributed by atoms with Crippen molar-refractivity contribution in [3.63, 3.8) is 0 Å². The van der Waals surface area contributed by atoms with Crippen molar-refractivity contribution in [1.29, 1.82) is 0 Å². The van der Waals surface area contributed by atoms with Crippen LogP contribution >= 0.6 is 0 Å². The predicted molar refractivity (Wildman–Crippen MR) is 43.1 cm³/mol. The molecule has 0 unspecified atom stereocenters. The van der Waals surface area contributed by atoms with E-state index in [1.165, 1.54) is 6.08 Å². The van der Waals surface area contributed by atoms with E-state index in [9.17, 15) is 9.18 Å². The number of esters is 1. The lowest BCUT2D eigenvalue weighted by molar-refractivity contribution is -0.137. The normalized spacial score (nSPS) is 7.55. The van der Waals surface area contributed by atoms with Crippen LogP contribution in [0.1, 0.15) is 19.8 Å². The third-order valence-electron chi connectivity index (χ3n) is 0.909. The average Bonchev–Trinajstić information content (AvgIpc) is 2.08. The Kier molecular flexibility index (Phi) is 13.8. The lowest BCUT2D eigenvalue weighted by Crippen LogP contribution is -2.00. The zero-order valence-electron chi connectivity index (χ0n) is 7.10. The molecule has 0 spiro atoms. The molecule has 3 heteroatoms. The molecule has 0 saturated carbocycles. The molecule has 0 rings (SSSR count). The summed E-state index contributed by atoms with van der Waals surface area (Å²) in [5, 5.41) is 0. The predicted octanol–water partition coefficient (Wildman–Crippen LogP) is 2.10. The highest BCUT2D eigenvalue weighted by molar-refractivity contribution is 5.81. The maximum atomic E-state index is 10.3. The Morgan fingerprint density at radius 1 is 1.64 bits per heavy atom. The van der Waals surface area contributed by atoms with E-state index >= 15 is 0 Å². The molecule has 0 atom stereocenters. The van der Waals surface area contributed by atoms with E-state index in [-0.39, 0.29) is 5.97 Å². The molecule has 0 aliphatic carbocycles. The number of ether oxygens (including phenoxy) is 1. The van der Waals surface area contributed by atoms with Gasteiger partial charge < -0.3 is 4.74 Å². The summed E-state index contributed by atoms with van der Waals surface area (Å²) in [6.45, 7) is 5.82. The summed E-state index contributed by atoms with van der Waals surface area (Å²) in [5.74, 6) is -0.330. The van der Waals surface area contributed by atoms with Gasteiger partial charge in [0.15, 0.2) is 0 Å². The highest BCUT2D eigenvalue weighted by atomic mass is 19.1. The van der Waals surface area contributed by atoms with Gasteiger partial charge in [0.25, 0.3) is 0 Å². The highest BCUT2D eigenvalue weighted by Gasteiger charge is 1.91. The van der Waals surface area contributed by atoms with Gasteiger partial charge in [-0.1, -0.05) is 19.9 Å². The summed E-state index contributed by atoms with van der Waals surface area (Å²) < 4.78 is 14.2. The zero-order valence-corrected chi connectivity index (χ0v) is 7.10. The third-order valence-corrected chi connectivity index (χ3v) is 0.909. The zero-order chi connectivity index (χ0) is 9.11. The first-order chi connectivity index (χ1) is 5.31. The van der Waals surface area contributed by atoms with E-state index in [0.29, 0.717) is 13.8 Å². The van der Waals surface area contributed by atoms with Gasteiger partial charge in [-0.2, -0.15) is 0 Å².